The molecule has 0 radical (unpaired) electrons. The van der Waals surface area contributed by atoms with Gasteiger partial charge in [-0.25, -0.2) is 4.79 Å². The Bertz CT molecular complexity index is 241. The van der Waals surface area contributed by atoms with Crippen LogP contribution in [0.4, 0.5) is 0 Å². The van der Waals surface area contributed by atoms with Crippen LogP contribution in [-0.2, 0) is 0 Å². The van der Waals surface area contributed by atoms with E-state index in [1.807, 2.05) is 6.92 Å². The normalized spacial score (nSPS) is 8.45. The van der Waals surface area contributed by atoms with Crippen molar-refractivity contribution in [3.63, 3.8) is 0 Å². The Hall–Kier alpha value is -1.35. The van der Waals surface area contributed by atoms with E-state index in [1.165, 1.54) is 0 Å². The fourth-order valence-corrected chi connectivity index (χ4v) is 0.696. The number of carboxylic acid groups (broad SMARTS) is 1. The van der Waals surface area contributed by atoms with Crippen molar-refractivity contribution >= 4 is 5.97 Å². The van der Waals surface area contributed by atoms with E-state index in [0.717, 1.165) is 5.56 Å². The summed E-state index contributed by atoms with van der Waals surface area (Å²) in [6.45, 7) is 1.92. The summed E-state index contributed by atoms with van der Waals surface area (Å²) in [6, 6.07) is 6.75. The molecule has 1 aromatic rings. The highest BCUT2D eigenvalue weighted by Crippen LogP contribution is 2.01. The summed E-state index contributed by atoms with van der Waals surface area (Å²) in [5.74, 6) is -0.875. The number of rotatable bonds is 1. The molecule has 0 saturated heterocycles. The molecule has 0 bridgehead atoms. The Morgan fingerprint density at radius 3 is 2.09 bits per heavy atom. The van der Waals surface area contributed by atoms with Crippen LogP contribution in [0.2, 0.25) is 0 Å². The summed E-state index contributed by atoms with van der Waals surface area (Å²) >= 11 is 0. The maximum Gasteiger partial charge on any atom is 0.335 e. The second-order valence-corrected chi connectivity index (χ2v) is 2.17. The molecule has 0 aromatic heterocycles. The highest BCUT2D eigenvalue weighted by Gasteiger charge is 1.98. The molecular weight excluding hydrogens is 142 g/mol. The number of carbonyl (C=O) groups is 1. The van der Waals surface area contributed by atoms with Crippen molar-refractivity contribution in [1.29, 1.82) is 0 Å². The molecule has 0 saturated carbocycles. The van der Waals surface area contributed by atoms with Crippen molar-refractivity contribution in [3.8, 4) is 0 Å². The van der Waals surface area contributed by atoms with E-state index in [-0.39, 0.29) is 6.15 Å². The first kappa shape index (κ1) is 9.65. The summed E-state index contributed by atoms with van der Waals surface area (Å²) in [7, 11) is 0. The van der Waals surface area contributed by atoms with Gasteiger partial charge in [-0.1, -0.05) is 17.7 Å². The van der Waals surface area contributed by atoms with Gasteiger partial charge in [0.25, 0.3) is 0 Å². The van der Waals surface area contributed by atoms with Crippen molar-refractivity contribution < 1.29 is 9.90 Å². The van der Waals surface area contributed by atoms with Gasteiger partial charge in [0.2, 0.25) is 0 Å². The molecule has 0 unspecified atom stereocenters. The number of carboxylic acids is 1. The summed E-state index contributed by atoms with van der Waals surface area (Å²) in [6.07, 6.45) is 0. The van der Waals surface area contributed by atoms with Crippen molar-refractivity contribution in [3.05, 3.63) is 35.4 Å². The van der Waals surface area contributed by atoms with Gasteiger partial charge in [-0.05, 0) is 19.1 Å². The first-order valence-electron chi connectivity index (χ1n) is 3.00. The number of aryl methyl sites for hydroxylation is 1. The third-order valence-corrected chi connectivity index (χ3v) is 1.30. The molecule has 5 N–H and O–H groups in total. The second-order valence-electron chi connectivity index (χ2n) is 2.17. The molecule has 11 heavy (non-hydrogen) atoms. The van der Waals surface area contributed by atoms with E-state index in [1.54, 1.807) is 24.3 Å². The second kappa shape index (κ2) is 3.73. The zero-order valence-electron chi connectivity index (χ0n) is 6.66. The highest BCUT2D eigenvalue weighted by molar-refractivity contribution is 5.87. The van der Waals surface area contributed by atoms with Crippen molar-refractivity contribution in [2.45, 2.75) is 6.92 Å². The van der Waals surface area contributed by atoms with Gasteiger partial charge >= 0.3 is 5.97 Å². The van der Waals surface area contributed by atoms with Gasteiger partial charge in [-0.3, -0.25) is 0 Å². The van der Waals surface area contributed by atoms with Crippen LogP contribution in [0.25, 0.3) is 0 Å². The zero-order valence-corrected chi connectivity index (χ0v) is 6.66. The number of hydrogen-bond acceptors (Lipinski definition) is 1. The Labute approximate surface area is 65.3 Å². The third-order valence-electron chi connectivity index (χ3n) is 1.30. The smallest absolute Gasteiger partial charge is 0.335 e. The van der Waals surface area contributed by atoms with Crippen LogP contribution in [0, 0.1) is 6.92 Å². The lowest BCUT2D eigenvalue weighted by atomic mass is 10.2. The van der Waals surface area contributed by atoms with Gasteiger partial charge in [0, 0.05) is 0 Å². The predicted molar refractivity (Wildman–Crippen MR) is 44.1 cm³/mol. The summed E-state index contributed by atoms with van der Waals surface area (Å²) in [5.41, 5.74) is 1.41. The first-order valence-corrected chi connectivity index (χ1v) is 3.00. The van der Waals surface area contributed by atoms with E-state index in [4.69, 9.17) is 5.11 Å². The molecule has 0 fully saturated rings. The van der Waals surface area contributed by atoms with Crippen LogP contribution in [0.1, 0.15) is 15.9 Å². The Morgan fingerprint density at radius 2 is 1.73 bits per heavy atom. The lowest BCUT2D eigenvalue weighted by Gasteiger charge is -1.92. The predicted octanol–water partition coefficient (Wildman–Crippen LogP) is 2.07. The molecule has 1 rings (SSSR count). The molecule has 60 valence electrons. The van der Waals surface area contributed by atoms with Gasteiger partial charge in [0.05, 0.1) is 5.56 Å². The molecule has 0 amide bonds. The Kier molecular flexibility index (Phi) is 3.27. The van der Waals surface area contributed by atoms with Crippen LogP contribution >= 0.6 is 0 Å². The largest absolute Gasteiger partial charge is 0.478 e. The molecule has 0 aliphatic heterocycles. The van der Waals surface area contributed by atoms with E-state index in [9.17, 15) is 4.79 Å². The molecule has 0 aliphatic carbocycles. The maximum atomic E-state index is 10.3. The van der Waals surface area contributed by atoms with Gasteiger partial charge in [0.15, 0.2) is 0 Å². The summed E-state index contributed by atoms with van der Waals surface area (Å²) in [4.78, 5) is 10.3. The monoisotopic (exact) mass is 154 g/mol. The maximum absolute atomic E-state index is 10.3. The van der Waals surface area contributed by atoms with Crippen molar-refractivity contribution in [2.24, 2.45) is 0 Å². The summed E-state index contributed by atoms with van der Waals surface area (Å²) < 4.78 is 0. The molecule has 0 atom stereocenters. The number of hydrogen-bond donors (Lipinski definition) is 2. The molecular formula is C8H12NO2+. The number of quaternary nitrogens is 1. The van der Waals surface area contributed by atoms with E-state index >= 15 is 0 Å². The van der Waals surface area contributed by atoms with Crippen LogP contribution in [0.5, 0.6) is 0 Å². The topological polar surface area (TPSA) is 73.8 Å². The zero-order chi connectivity index (χ0) is 7.56. The van der Waals surface area contributed by atoms with Crippen LogP contribution in [0.3, 0.4) is 0 Å². The van der Waals surface area contributed by atoms with Gasteiger partial charge < -0.3 is 11.3 Å². The fraction of sp³-hybridized carbons (Fsp3) is 0.125. The quantitative estimate of drug-likeness (QED) is 0.649. The molecule has 0 aliphatic rings. The molecule has 0 heterocycles. The van der Waals surface area contributed by atoms with Crippen molar-refractivity contribution in [2.75, 3.05) is 0 Å². The van der Waals surface area contributed by atoms with Crippen LogP contribution in [0.15, 0.2) is 24.3 Å². The Balaban J connectivity index is 0.000001000. The average molecular weight is 154 g/mol. The molecule has 3 heteroatoms. The lowest BCUT2D eigenvalue weighted by molar-refractivity contribution is 0.0697. The van der Waals surface area contributed by atoms with E-state index < -0.39 is 5.97 Å². The minimum absolute atomic E-state index is 0. The molecule has 3 nitrogen and oxygen atoms in total. The molecule has 1 aromatic carbocycles. The minimum atomic E-state index is -0.875. The van der Waals surface area contributed by atoms with E-state index in [0.29, 0.717) is 5.56 Å². The van der Waals surface area contributed by atoms with Gasteiger partial charge in [-0.15, -0.1) is 0 Å². The first-order chi connectivity index (χ1) is 4.70. The highest BCUT2D eigenvalue weighted by atomic mass is 16.4. The SMILES string of the molecule is Cc1ccc(C(=O)O)cc1.[NH4+]. The van der Waals surface area contributed by atoms with Crippen molar-refractivity contribution in [1.82, 2.24) is 6.15 Å². The molecule has 0 spiro atoms. The Morgan fingerprint density at radius 1 is 1.27 bits per heavy atom. The third kappa shape index (κ3) is 2.39. The number of benzene rings is 1. The summed E-state index contributed by atoms with van der Waals surface area (Å²) in [5, 5.41) is 8.48. The standard InChI is InChI=1S/C8H8O2.H3N/c1-6-2-4-7(5-3-6)8(9)10;/h2-5H,1H3,(H,9,10);1H3/p+1. The lowest BCUT2D eigenvalue weighted by Crippen LogP contribution is -1.94. The fourth-order valence-electron chi connectivity index (χ4n) is 0.696. The average Bonchev–Trinajstić information content (AvgIpc) is 1.88. The minimum Gasteiger partial charge on any atom is -0.478 e. The van der Waals surface area contributed by atoms with Crippen LogP contribution in [-0.4, -0.2) is 11.1 Å². The number of aromatic carboxylic acids is 1. The van der Waals surface area contributed by atoms with Gasteiger partial charge in [-0.2, -0.15) is 0 Å². The van der Waals surface area contributed by atoms with Gasteiger partial charge in [0.1, 0.15) is 0 Å². The van der Waals surface area contributed by atoms with Crippen LogP contribution < -0.4 is 6.15 Å². The van der Waals surface area contributed by atoms with E-state index in [2.05, 4.69) is 0 Å².